The fourth-order valence-electron chi connectivity index (χ4n) is 2.04. The van der Waals surface area contributed by atoms with Crippen LogP contribution in [0.25, 0.3) is 0 Å². The van der Waals surface area contributed by atoms with Crippen LogP contribution in [0, 0.1) is 0 Å². The minimum absolute atomic E-state index is 0.0845. The highest BCUT2D eigenvalue weighted by atomic mass is 16.3. The fourth-order valence-corrected chi connectivity index (χ4v) is 2.04. The molecule has 0 radical (unpaired) electrons. The summed E-state index contributed by atoms with van der Waals surface area (Å²) >= 11 is 0. The zero-order valence-corrected chi connectivity index (χ0v) is 12.0. The van der Waals surface area contributed by atoms with E-state index < -0.39 is 0 Å². The van der Waals surface area contributed by atoms with Crippen molar-refractivity contribution in [3.8, 4) is 0 Å². The van der Waals surface area contributed by atoms with E-state index in [-0.39, 0.29) is 6.10 Å². The summed E-state index contributed by atoms with van der Waals surface area (Å²) < 4.78 is 0. The van der Waals surface area contributed by atoms with Crippen LogP contribution in [-0.2, 0) is 0 Å². The molecule has 0 spiro atoms. The Morgan fingerprint density at radius 2 is 1.41 bits per heavy atom. The van der Waals surface area contributed by atoms with E-state index in [1.165, 1.54) is 44.9 Å². The van der Waals surface area contributed by atoms with Crippen LogP contribution in [0.15, 0.2) is 12.2 Å². The lowest BCUT2D eigenvalue weighted by Crippen LogP contribution is -2.04. The van der Waals surface area contributed by atoms with Crippen LogP contribution >= 0.6 is 0 Å². The van der Waals surface area contributed by atoms with E-state index in [2.05, 4.69) is 26.0 Å². The normalized spacial score (nSPS) is 13.4. The molecule has 0 aliphatic heterocycles. The van der Waals surface area contributed by atoms with Crippen molar-refractivity contribution in [1.82, 2.24) is 0 Å². The van der Waals surface area contributed by atoms with Crippen LogP contribution in [0.4, 0.5) is 0 Å². The summed E-state index contributed by atoms with van der Waals surface area (Å²) in [5, 5.41) is 9.54. The highest BCUT2D eigenvalue weighted by molar-refractivity contribution is 4.82. The maximum atomic E-state index is 9.54. The molecule has 0 fully saturated rings. The third-order valence-electron chi connectivity index (χ3n) is 3.18. The van der Waals surface area contributed by atoms with Gasteiger partial charge in [-0.3, -0.25) is 0 Å². The molecule has 0 aromatic carbocycles. The van der Waals surface area contributed by atoms with Crippen LogP contribution < -0.4 is 0 Å². The van der Waals surface area contributed by atoms with Gasteiger partial charge in [0.2, 0.25) is 0 Å². The van der Waals surface area contributed by atoms with Crippen molar-refractivity contribution in [2.45, 2.75) is 90.6 Å². The zero-order valence-electron chi connectivity index (χ0n) is 12.0. The van der Waals surface area contributed by atoms with Gasteiger partial charge in [0.05, 0.1) is 6.10 Å². The summed E-state index contributed by atoms with van der Waals surface area (Å²) in [7, 11) is 0. The maximum Gasteiger partial charge on any atom is 0.0543 e. The van der Waals surface area contributed by atoms with Gasteiger partial charge < -0.3 is 5.11 Å². The number of unbranched alkanes of at least 4 members (excludes halogenated alkanes) is 6. The van der Waals surface area contributed by atoms with Crippen molar-refractivity contribution < 1.29 is 5.11 Å². The van der Waals surface area contributed by atoms with E-state index in [0.29, 0.717) is 0 Å². The first-order valence-corrected chi connectivity index (χ1v) is 7.64. The topological polar surface area (TPSA) is 20.2 Å². The van der Waals surface area contributed by atoms with Gasteiger partial charge >= 0.3 is 0 Å². The van der Waals surface area contributed by atoms with Gasteiger partial charge in [0.25, 0.3) is 0 Å². The predicted octanol–water partition coefficient (Wildman–Crippen LogP) is 5.23. The quantitative estimate of drug-likeness (QED) is 0.365. The van der Waals surface area contributed by atoms with E-state index >= 15 is 0 Å². The molecule has 0 aliphatic carbocycles. The average Bonchev–Trinajstić information content (AvgIpc) is 2.32. The van der Waals surface area contributed by atoms with Crippen molar-refractivity contribution in [2.75, 3.05) is 0 Å². The fraction of sp³-hybridized carbons (Fsp3) is 0.875. The minimum atomic E-state index is -0.0845. The smallest absolute Gasteiger partial charge is 0.0543 e. The van der Waals surface area contributed by atoms with E-state index in [9.17, 15) is 5.11 Å². The molecule has 1 unspecified atom stereocenters. The molecule has 0 aliphatic rings. The second kappa shape index (κ2) is 13.8. The van der Waals surface area contributed by atoms with Gasteiger partial charge in [0.1, 0.15) is 0 Å². The number of allylic oxidation sites excluding steroid dienone is 2. The van der Waals surface area contributed by atoms with Crippen molar-refractivity contribution in [3.05, 3.63) is 12.2 Å². The Kier molecular flexibility index (Phi) is 13.5. The van der Waals surface area contributed by atoms with E-state index in [4.69, 9.17) is 0 Å². The Hall–Kier alpha value is -0.300. The predicted molar refractivity (Wildman–Crippen MR) is 77.3 cm³/mol. The molecule has 17 heavy (non-hydrogen) atoms. The number of aliphatic hydroxyl groups is 1. The van der Waals surface area contributed by atoms with Gasteiger partial charge in [0.15, 0.2) is 0 Å². The highest BCUT2D eigenvalue weighted by Crippen LogP contribution is 2.08. The molecule has 0 amide bonds. The monoisotopic (exact) mass is 240 g/mol. The zero-order chi connectivity index (χ0) is 12.8. The van der Waals surface area contributed by atoms with Crippen LogP contribution in [0.2, 0.25) is 0 Å². The molecular formula is C16H32O. The Morgan fingerprint density at radius 3 is 2.12 bits per heavy atom. The Bertz CT molecular complexity index is 163. The standard InChI is InChI=1S/C16H32O/c1-3-5-6-7-8-9-10-11-12-13-15-16(17)14-4-2/h11-12,16-17H,3-10,13-15H2,1-2H3/b12-11-. The third kappa shape index (κ3) is 13.6. The number of rotatable bonds is 12. The molecule has 102 valence electrons. The molecule has 0 heterocycles. The van der Waals surface area contributed by atoms with E-state index in [0.717, 1.165) is 25.7 Å². The first kappa shape index (κ1) is 16.7. The lowest BCUT2D eigenvalue weighted by atomic mass is 10.1. The van der Waals surface area contributed by atoms with E-state index in [1.807, 2.05) is 0 Å². The van der Waals surface area contributed by atoms with Crippen molar-refractivity contribution in [1.29, 1.82) is 0 Å². The third-order valence-corrected chi connectivity index (χ3v) is 3.18. The van der Waals surface area contributed by atoms with Crippen LogP contribution in [0.5, 0.6) is 0 Å². The second-order valence-corrected chi connectivity index (χ2v) is 5.05. The molecule has 1 N–H and O–H groups in total. The molecule has 0 bridgehead atoms. The van der Waals surface area contributed by atoms with Gasteiger partial charge in [0, 0.05) is 0 Å². The molecule has 0 aromatic heterocycles. The average molecular weight is 240 g/mol. The summed E-state index contributed by atoms with van der Waals surface area (Å²) in [6.07, 6.45) is 17.9. The minimum Gasteiger partial charge on any atom is -0.393 e. The maximum absolute atomic E-state index is 9.54. The number of hydrogen-bond donors (Lipinski definition) is 1. The van der Waals surface area contributed by atoms with Gasteiger partial charge in [-0.2, -0.15) is 0 Å². The van der Waals surface area contributed by atoms with Gasteiger partial charge in [-0.05, 0) is 32.1 Å². The van der Waals surface area contributed by atoms with Crippen LogP contribution in [0.1, 0.15) is 84.5 Å². The van der Waals surface area contributed by atoms with Crippen molar-refractivity contribution >= 4 is 0 Å². The number of hydrogen-bond acceptors (Lipinski definition) is 1. The lowest BCUT2D eigenvalue weighted by molar-refractivity contribution is 0.155. The van der Waals surface area contributed by atoms with Crippen molar-refractivity contribution in [3.63, 3.8) is 0 Å². The Morgan fingerprint density at radius 1 is 0.765 bits per heavy atom. The summed E-state index contributed by atoms with van der Waals surface area (Å²) in [4.78, 5) is 0. The van der Waals surface area contributed by atoms with Crippen LogP contribution in [-0.4, -0.2) is 11.2 Å². The Balaban J connectivity index is 3.14. The Labute approximate surface area is 108 Å². The number of aliphatic hydroxyl groups excluding tert-OH is 1. The molecule has 0 saturated carbocycles. The van der Waals surface area contributed by atoms with E-state index in [1.54, 1.807) is 0 Å². The molecule has 1 atom stereocenters. The molecule has 1 heteroatoms. The lowest BCUT2D eigenvalue weighted by Gasteiger charge is -2.05. The van der Waals surface area contributed by atoms with Gasteiger partial charge in [-0.25, -0.2) is 0 Å². The largest absolute Gasteiger partial charge is 0.393 e. The first-order chi connectivity index (χ1) is 8.31. The molecule has 1 nitrogen and oxygen atoms in total. The summed E-state index contributed by atoms with van der Waals surface area (Å²) in [6.45, 7) is 4.38. The van der Waals surface area contributed by atoms with Gasteiger partial charge in [-0.15, -0.1) is 0 Å². The van der Waals surface area contributed by atoms with Crippen LogP contribution in [0.3, 0.4) is 0 Å². The summed E-state index contributed by atoms with van der Waals surface area (Å²) in [6, 6.07) is 0. The molecule has 0 aromatic rings. The SMILES string of the molecule is CCCCCCCC/C=C\CCC(O)CCC. The summed E-state index contributed by atoms with van der Waals surface area (Å²) in [5.41, 5.74) is 0. The summed E-state index contributed by atoms with van der Waals surface area (Å²) in [5.74, 6) is 0. The van der Waals surface area contributed by atoms with Crippen molar-refractivity contribution in [2.24, 2.45) is 0 Å². The highest BCUT2D eigenvalue weighted by Gasteiger charge is 1.99. The molecule has 0 saturated heterocycles. The molecule has 0 rings (SSSR count). The van der Waals surface area contributed by atoms with Gasteiger partial charge in [-0.1, -0.05) is 64.5 Å². The molecular weight excluding hydrogens is 208 g/mol. The first-order valence-electron chi connectivity index (χ1n) is 7.64. The second-order valence-electron chi connectivity index (χ2n) is 5.05.